The fourth-order valence-corrected chi connectivity index (χ4v) is 3.06. The molecular weight excluding hydrogens is 459 g/mol. The molecule has 4 N–H and O–H groups in total. The number of guanidine groups is 1. The Morgan fingerprint density at radius 3 is 2.89 bits per heavy atom. The van der Waals surface area contributed by atoms with Gasteiger partial charge in [0.25, 0.3) is 5.91 Å². The molecule has 0 spiro atoms. The van der Waals surface area contributed by atoms with Crippen molar-refractivity contribution in [3.05, 3.63) is 30.1 Å². The maximum atomic E-state index is 12.0. The number of hydrogen-bond donors (Lipinski definition) is 3. The maximum absolute atomic E-state index is 12.0. The summed E-state index contributed by atoms with van der Waals surface area (Å²) in [5.74, 6) is 0.683. The Balaban J connectivity index is 0.00000364. The number of pyridine rings is 1. The van der Waals surface area contributed by atoms with E-state index < -0.39 is 0 Å². The predicted molar refractivity (Wildman–Crippen MR) is 116 cm³/mol. The van der Waals surface area contributed by atoms with Crippen LogP contribution in [0.15, 0.2) is 29.5 Å². The fraction of sp³-hybridized carbons (Fsp3) is 0.556. The standard InChI is InChI=1S/C18H28N6O2.HI/c1-2-21-18(24-10-4-5-14(13-24)11-16(19)25)23-9-8-22-17(26)15-6-3-7-20-12-15;/h3,6-7,12,14H,2,4-5,8-11,13H2,1H3,(H2,19,25)(H,21,23)(H,22,26);1H. The number of carbonyl (C=O) groups is 2. The Morgan fingerprint density at radius 2 is 2.22 bits per heavy atom. The molecule has 2 rings (SSSR count). The van der Waals surface area contributed by atoms with Crippen molar-refractivity contribution in [2.45, 2.75) is 26.2 Å². The smallest absolute Gasteiger partial charge is 0.252 e. The molecule has 150 valence electrons. The third-order valence-electron chi connectivity index (χ3n) is 4.23. The van der Waals surface area contributed by atoms with E-state index >= 15 is 0 Å². The number of likely N-dealkylation sites (tertiary alicyclic amines) is 1. The topological polar surface area (TPSA) is 113 Å². The van der Waals surface area contributed by atoms with E-state index in [0.717, 1.165) is 38.4 Å². The summed E-state index contributed by atoms with van der Waals surface area (Å²) in [4.78, 5) is 33.9. The SMILES string of the molecule is CCNC(=NCCNC(=O)c1cccnc1)N1CCCC(CC(N)=O)C1.I. The van der Waals surface area contributed by atoms with Crippen molar-refractivity contribution in [3.8, 4) is 0 Å². The van der Waals surface area contributed by atoms with Crippen LogP contribution in [0.2, 0.25) is 0 Å². The molecule has 1 aliphatic rings. The number of primary amides is 1. The molecule has 1 unspecified atom stereocenters. The minimum atomic E-state index is -0.253. The lowest BCUT2D eigenvalue weighted by molar-refractivity contribution is -0.119. The Labute approximate surface area is 177 Å². The van der Waals surface area contributed by atoms with Gasteiger partial charge in [0.2, 0.25) is 5.91 Å². The van der Waals surface area contributed by atoms with E-state index in [1.54, 1.807) is 18.3 Å². The van der Waals surface area contributed by atoms with Gasteiger partial charge in [-0.15, -0.1) is 24.0 Å². The predicted octanol–water partition coefficient (Wildman–Crippen LogP) is 0.982. The molecule has 27 heavy (non-hydrogen) atoms. The third kappa shape index (κ3) is 8.10. The highest BCUT2D eigenvalue weighted by Gasteiger charge is 2.23. The summed E-state index contributed by atoms with van der Waals surface area (Å²) in [7, 11) is 0. The van der Waals surface area contributed by atoms with Gasteiger partial charge in [0.15, 0.2) is 5.96 Å². The van der Waals surface area contributed by atoms with Crippen LogP contribution in [0.25, 0.3) is 0 Å². The van der Waals surface area contributed by atoms with Crippen molar-refractivity contribution in [1.82, 2.24) is 20.5 Å². The van der Waals surface area contributed by atoms with E-state index in [1.807, 2.05) is 6.92 Å². The zero-order chi connectivity index (χ0) is 18.8. The summed E-state index contributed by atoms with van der Waals surface area (Å²) in [5, 5.41) is 6.12. The van der Waals surface area contributed by atoms with Gasteiger partial charge >= 0.3 is 0 Å². The molecule has 2 amide bonds. The second kappa shape index (κ2) is 12.5. The van der Waals surface area contributed by atoms with Crippen LogP contribution >= 0.6 is 24.0 Å². The van der Waals surface area contributed by atoms with E-state index in [1.165, 1.54) is 6.20 Å². The summed E-state index contributed by atoms with van der Waals surface area (Å²) < 4.78 is 0. The summed E-state index contributed by atoms with van der Waals surface area (Å²) in [6.45, 7) is 5.38. The van der Waals surface area contributed by atoms with E-state index in [4.69, 9.17) is 5.73 Å². The second-order valence-corrected chi connectivity index (χ2v) is 6.36. The van der Waals surface area contributed by atoms with Crippen LogP contribution in [0.5, 0.6) is 0 Å². The number of carbonyl (C=O) groups excluding carboxylic acids is 2. The molecule has 0 aromatic carbocycles. The number of rotatable bonds is 7. The van der Waals surface area contributed by atoms with Crippen molar-refractivity contribution >= 4 is 41.8 Å². The Hall–Kier alpha value is -1.91. The molecular formula is C18H29IN6O2. The molecule has 1 aromatic rings. The highest BCUT2D eigenvalue weighted by molar-refractivity contribution is 14.0. The van der Waals surface area contributed by atoms with Crippen LogP contribution in [-0.2, 0) is 4.79 Å². The van der Waals surface area contributed by atoms with E-state index in [-0.39, 0.29) is 41.7 Å². The Morgan fingerprint density at radius 1 is 1.41 bits per heavy atom. The van der Waals surface area contributed by atoms with Gasteiger partial charge < -0.3 is 21.3 Å². The number of aromatic nitrogens is 1. The van der Waals surface area contributed by atoms with E-state index in [2.05, 4.69) is 25.5 Å². The molecule has 0 bridgehead atoms. The van der Waals surface area contributed by atoms with Gasteiger partial charge in [0.1, 0.15) is 0 Å². The van der Waals surface area contributed by atoms with E-state index in [0.29, 0.717) is 25.1 Å². The first-order valence-corrected chi connectivity index (χ1v) is 9.10. The van der Waals surface area contributed by atoms with Crippen LogP contribution in [0.1, 0.15) is 36.5 Å². The lowest BCUT2D eigenvalue weighted by atomic mass is 9.95. The lowest BCUT2D eigenvalue weighted by Crippen LogP contribution is -2.47. The average Bonchev–Trinajstić information content (AvgIpc) is 2.64. The maximum Gasteiger partial charge on any atom is 0.252 e. The zero-order valence-electron chi connectivity index (χ0n) is 15.7. The number of nitrogens with zero attached hydrogens (tertiary/aromatic N) is 3. The zero-order valence-corrected chi connectivity index (χ0v) is 18.0. The first-order chi connectivity index (χ1) is 12.6. The van der Waals surface area contributed by atoms with Crippen LogP contribution in [0.4, 0.5) is 0 Å². The molecule has 8 nitrogen and oxygen atoms in total. The van der Waals surface area contributed by atoms with Crippen LogP contribution in [-0.4, -0.2) is 60.4 Å². The molecule has 0 radical (unpaired) electrons. The quantitative estimate of drug-likeness (QED) is 0.229. The number of nitrogens with one attached hydrogen (secondary N) is 2. The number of nitrogens with two attached hydrogens (primary N) is 1. The highest BCUT2D eigenvalue weighted by atomic mass is 127. The largest absolute Gasteiger partial charge is 0.370 e. The molecule has 1 aromatic heterocycles. The minimum absolute atomic E-state index is 0. The van der Waals surface area contributed by atoms with Gasteiger partial charge in [-0.3, -0.25) is 19.6 Å². The number of hydrogen-bond acceptors (Lipinski definition) is 4. The molecule has 1 atom stereocenters. The normalized spacial score (nSPS) is 17.0. The molecule has 1 fully saturated rings. The molecule has 2 heterocycles. The molecule has 0 aliphatic carbocycles. The number of piperidine rings is 1. The van der Waals surface area contributed by atoms with Gasteiger partial charge in [0, 0.05) is 45.0 Å². The second-order valence-electron chi connectivity index (χ2n) is 6.36. The van der Waals surface area contributed by atoms with Gasteiger partial charge in [-0.05, 0) is 37.8 Å². The summed E-state index contributed by atoms with van der Waals surface area (Å²) in [6, 6.07) is 3.46. The van der Waals surface area contributed by atoms with Crippen molar-refractivity contribution in [2.24, 2.45) is 16.6 Å². The third-order valence-corrected chi connectivity index (χ3v) is 4.23. The van der Waals surface area contributed by atoms with Crippen molar-refractivity contribution in [2.75, 3.05) is 32.7 Å². The number of amides is 2. The fourth-order valence-electron chi connectivity index (χ4n) is 3.06. The van der Waals surface area contributed by atoms with Crippen molar-refractivity contribution < 1.29 is 9.59 Å². The highest BCUT2D eigenvalue weighted by Crippen LogP contribution is 2.19. The Bertz CT molecular complexity index is 626. The molecule has 0 saturated carbocycles. The van der Waals surface area contributed by atoms with Gasteiger partial charge in [-0.25, -0.2) is 0 Å². The molecule has 9 heteroatoms. The summed E-state index contributed by atoms with van der Waals surface area (Å²) >= 11 is 0. The lowest BCUT2D eigenvalue weighted by Gasteiger charge is -2.34. The first-order valence-electron chi connectivity index (χ1n) is 9.10. The van der Waals surface area contributed by atoms with Gasteiger partial charge in [0.05, 0.1) is 12.1 Å². The first kappa shape index (κ1) is 23.1. The summed E-state index contributed by atoms with van der Waals surface area (Å²) in [6.07, 6.45) is 5.61. The van der Waals surface area contributed by atoms with Crippen molar-refractivity contribution in [3.63, 3.8) is 0 Å². The molecule has 1 saturated heterocycles. The minimum Gasteiger partial charge on any atom is -0.370 e. The number of halogens is 1. The molecule has 1 aliphatic heterocycles. The van der Waals surface area contributed by atoms with Crippen LogP contribution in [0.3, 0.4) is 0 Å². The van der Waals surface area contributed by atoms with Crippen LogP contribution in [0, 0.1) is 5.92 Å². The Kier molecular flexibility index (Phi) is 10.7. The van der Waals surface area contributed by atoms with E-state index in [9.17, 15) is 9.59 Å². The monoisotopic (exact) mass is 488 g/mol. The van der Waals surface area contributed by atoms with Gasteiger partial charge in [-0.1, -0.05) is 0 Å². The van der Waals surface area contributed by atoms with Crippen LogP contribution < -0.4 is 16.4 Å². The van der Waals surface area contributed by atoms with Crippen molar-refractivity contribution in [1.29, 1.82) is 0 Å². The number of aliphatic imine (C=N–C) groups is 1. The average molecular weight is 488 g/mol. The van der Waals surface area contributed by atoms with Gasteiger partial charge in [-0.2, -0.15) is 0 Å². The summed E-state index contributed by atoms with van der Waals surface area (Å²) in [5.41, 5.74) is 5.87.